The van der Waals surface area contributed by atoms with Crippen molar-refractivity contribution < 1.29 is 4.79 Å². The molecule has 0 radical (unpaired) electrons. The largest absolute Gasteiger partial charge is 0.355 e. The zero-order chi connectivity index (χ0) is 18.8. The molecule has 1 aromatic carbocycles. The summed E-state index contributed by atoms with van der Waals surface area (Å²) >= 11 is 0. The van der Waals surface area contributed by atoms with Crippen molar-refractivity contribution >= 4 is 22.9 Å². The Morgan fingerprint density at radius 1 is 1.33 bits per heavy atom. The number of imidazole rings is 1. The predicted octanol–water partition coefficient (Wildman–Crippen LogP) is 3.11. The zero-order valence-corrected chi connectivity index (χ0v) is 15.7. The van der Waals surface area contributed by atoms with Crippen LogP contribution in [0, 0.1) is 6.92 Å². The van der Waals surface area contributed by atoms with Crippen molar-refractivity contribution in [1.29, 1.82) is 0 Å². The predicted molar refractivity (Wildman–Crippen MR) is 105 cm³/mol. The number of aryl methyl sites for hydroxylation is 1. The fourth-order valence-electron chi connectivity index (χ4n) is 3.64. The Hall–Kier alpha value is -2.96. The highest BCUT2D eigenvalue weighted by Crippen LogP contribution is 2.28. The zero-order valence-electron chi connectivity index (χ0n) is 15.7. The van der Waals surface area contributed by atoms with Gasteiger partial charge in [-0.2, -0.15) is 0 Å². The van der Waals surface area contributed by atoms with Crippen LogP contribution in [0.25, 0.3) is 11.0 Å². The van der Waals surface area contributed by atoms with Gasteiger partial charge in [-0.05, 0) is 38.3 Å². The van der Waals surface area contributed by atoms with Crippen molar-refractivity contribution in [3.05, 3.63) is 47.5 Å². The van der Waals surface area contributed by atoms with Crippen molar-refractivity contribution in [2.75, 3.05) is 25.0 Å². The smallest absolute Gasteiger partial charge is 0.257 e. The summed E-state index contributed by atoms with van der Waals surface area (Å²) in [4.78, 5) is 31.4. The molecule has 0 aliphatic carbocycles. The van der Waals surface area contributed by atoms with Crippen LogP contribution in [-0.4, -0.2) is 50.4 Å². The minimum absolute atomic E-state index is 0.0185. The summed E-state index contributed by atoms with van der Waals surface area (Å²) in [5.41, 5.74) is 3.76. The van der Waals surface area contributed by atoms with Gasteiger partial charge in [-0.3, -0.25) is 4.79 Å². The van der Waals surface area contributed by atoms with E-state index in [4.69, 9.17) is 4.98 Å². The number of rotatable bonds is 4. The third-order valence-corrected chi connectivity index (χ3v) is 5.06. The Morgan fingerprint density at radius 2 is 2.15 bits per heavy atom. The number of nitrogens with one attached hydrogen (secondary N) is 2. The molecule has 1 aliphatic rings. The topological polar surface area (TPSA) is 86.8 Å². The molecule has 7 heteroatoms. The molecule has 1 unspecified atom stereocenters. The van der Waals surface area contributed by atoms with Gasteiger partial charge in [0.05, 0.1) is 16.6 Å². The number of hydrogen-bond donors (Lipinski definition) is 2. The summed E-state index contributed by atoms with van der Waals surface area (Å²) in [6.45, 7) is 6.21. The van der Waals surface area contributed by atoms with E-state index in [0.717, 1.165) is 48.4 Å². The van der Waals surface area contributed by atoms with Crippen LogP contribution < -0.4 is 5.32 Å². The number of likely N-dealkylation sites (tertiary alicyclic amines) is 1. The second kappa shape index (κ2) is 7.34. The van der Waals surface area contributed by atoms with Crippen LogP contribution in [0.5, 0.6) is 0 Å². The average Bonchev–Trinajstić information content (AvgIpc) is 3.14. The molecular formula is C20H24N6O. The van der Waals surface area contributed by atoms with Crippen molar-refractivity contribution in [3.63, 3.8) is 0 Å². The molecule has 3 heterocycles. The lowest BCUT2D eigenvalue weighted by atomic mass is 9.97. The summed E-state index contributed by atoms with van der Waals surface area (Å²) in [5, 5.41) is 3.04. The fraction of sp³-hybridized carbons (Fsp3) is 0.400. The summed E-state index contributed by atoms with van der Waals surface area (Å²) < 4.78 is 0. The summed E-state index contributed by atoms with van der Waals surface area (Å²) in [6.07, 6.45) is 5.18. The van der Waals surface area contributed by atoms with Gasteiger partial charge in [-0.1, -0.05) is 12.1 Å². The number of para-hydroxylation sites is 1. The maximum absolute atomic E-state index is 12.9. The standard InChI is InChI=1S/C20H24N6O/c1-3-21-20-22-10-15(11-23-20)19(27)26-9-5-7-14(12-26)18-24-16-8-4-6-13(2)17(16)25-18/h4,6,8,10-11,14H,3,5,7,9,12H2,1-2H3,(H,24,25)(H,21,22,23). The van der Waals surface area contributed by atoms with Crippen LogP contribution in [-0.2, 0) is 0 Å². The van der Waals surface area contributed by atoms with E-state index in [1.54, 1.807) is 12.4 Å². The number of carbonyl (C=O) groups is 1. The first-order valence-electron chi connectivity index (χ1n) is 9.46. The molecule has 0 spiro atoms. The van der Waals surface area contributed by atoms with Crippen molar-refractivity contribution in [1.82, 2.24) is 24.8 Å². The van der Waals surface area contributed by atoms with Gasteiger partial charge in [0.1, 0.15) is 5.82 Å². The number of benzene rings is 1. The lowest BCUT2D eigenvalue weighted by Crippen LogP contribution is -2.39. The molecule has 0 saturated carbocycles. The molecule has 0 bridgehead atoms. The van der Waals surface area contributed by atoms with Gasteiger partial charge in [-0.25, -0.2) is 15.0 Å². The van der Waals surface area contributed by atoms with E-state index < -0.39 is 0 Å². The van der Waals surface area contributed by atoms with Crippen LogP contribution in [0.4, 0.5) is 5.95 Å². The highest BCUT2D eigenvalue weighted by Gasteiger charge is 2.27. The van der Waals surface area contributed by atoms with Gasteiger partial charge >= 0.3 is 0 Å². The molecule has 1 aliphatic heterocycles. The number of piperidine rings is 1. The maximum Gasteiger partial charge on any atom is 0.257 e. The lowest BCUT2D eigenvalue weighted by Gasteiger charge is -2.31. The number of aromatic nitrogens is 4. The van der Waals surface area contributed by atoms with E-state index in [1.165, 1.54) is 0 Å². The Bertz CT molecular complexity index is 949. The summed E-state index contributed by atoms with van der Waals surface area (Å²) in [7, 11) is 0. The quantitative estimate of drug-likeness (QED) is 0.743. The monoisotopic (exact) mass is 364 g/mol. The second-order valence-electron chi connectivity index (χ2n) is 7.01. The van der Waals surface area contributed by atoms with Crippen LogP contribution in [0.15, 0.2) is 30.6 Å². The van der Waals surface area contributed by atoms with E-state index in [1.807, 2.05) is 24.0 Å². The minimum atomic E-state index is -0.0185. The van der Waals surface area contributed by atoms with E-state index in [2.05, 4.69) is 33.3 Å². The first-order chi connectivity index (χ1) is 13.2. The molecule has 2 N–H and O–H groups in total. The molecule has 1 fully saturated rings. The van der Waals surface area contributed by atoms with E-state index in [-0.39, 0.29) is 11.8 Å². The number of aromatic amines is 1. The number of hydrogen-bond acceptors (Lipinski definition) is 5. The molecule has 2 aromatic heterocycles. The van der Waals surface area contributed by atoms with Gasteiger partial charge in [0.2, 0.25) is 5.95 Å². The number of nitrogens with zero attached hydrogens (tertiary/aromatic N) is 4. The Balaban J connectivity index is 1.51. The van der Waals surface area contributed by atoms with Crippen molar-refractivity contribution in [2.45, 2.75) is 32.6 Å². The summed E-state index contributed by atoms with van der Waals surface area (Å²) in [5.74, 6) is 1.71. The molecule has 1 saturated heterocycles. The number of amides is 1. The number of H-pyrrole nitrogens is 1. The lowest BCUT2D eigenvalue weighted by molar-refractivity contribution is 0.0704. The number of fused-ring (bicyclic) bond motifs is 1. The first-order valence-corrected chi connectivity index (χ1v) is 9.46. The fourth-order valence-corrected chi connectivity index (χ4v) is 3.64. The second-order valence-corrected chi connectivity index (χ2v) is 7.01. The highest BCUT2D eigenvalue weighted by atomic mass is 16.2. The summed E-state index contributed by atoms with van der Waals surface area (Å²) in [6, 6.07) is 6.15. The third kappa shape index (κ3) is 3.49. The highest BCUT2D eigenvalue weighted by molar-refractivity contribution is 5.93. The normalized spacial score (nSPS) is 17.3. The van der Waals surface area contributed by atoms with Crippen LogP contribution in [0.3, 0.4) is 0 Å². The van der Waals surface area contributed by atoms with Crippen LogP contribution in [0.1, 0.15) is 47.4 Å². The van der Waals surface area contributed by atoms with Crippen LogP contribution in [0.2, 0.25) is 0 Å². The average molecular weight is 364 g/mol. The Morgan fingerprint density at radius 3 is 2.89 bits per heavy atom. The van der Waals surface area contributed by atoms with Gasteiger partial charge in [0.15, 0.2) is 0 Å². The molecule has 7 nitrogen and oxygen atoms in total. The Kier molecular flexibility index (Phi) is 4.75. The molecule has 140 valence electrons. The van der Waals surface area contributed by atoms with E-state index >= 15 is 0 Å². The van der Waals surface area contributed by atoms with Gasteiger partial charge < -0.3 is 15.2 Å². The molecule has 4 rings (SSSR count). The first kappa shape index (κ1) is 17.5. The molecule has 1 amide bonds. The molecule has 1 atom stereocenters. The third-order valence-electron chi connectivity index (χ3n) is 5.06. The molecule has 3 aromatic rings. The van der Waals surface area contributed by atoms with E-state index in [0.29, 0.717) is 18.1 Å². The number of anilines is 1. The van der Waals surface area contributed by atoms with Crippen molar-refractivity contribution in [3.8, 4) is 0 Å². The Labute approximate surface area is 158 Å². The minimum Gasteiger partial charge on any atom is -0.355 e. The molecular weight excluding hydrogens is 340 g/mol. The van der Waals surface area contributed by atoms with Crippen molar-refractivity contribution in [2.24, 2.45) is 0 Å². The van der Waals surface area contributed by atoms with Gasteiger partial charge in [-0.15, -0.1) is 0 Å². The van der Waals surface area contributed by atoms with Crippen LogP contribution >= 0.6 is 0 Å². The maximum atomic E-state index is 12.9. The number of carbonyl (C=O) groups excluding carboxylic acids is 1. The van der Waals surface area contributed by atoms with Gasteiger partial charge in [0.25, 0.3) is 5.91 Å². The SMILES string of the molecule is CCNc1ncc(C(=O)N2CCCC(c3nc4c(C)cccc4[nH]3)C2)cn1. The molecule has 27 heavy (non-hydrogen) atoms. The van der Waals surface area contributed by atoms with E-state index in [9.17, 15) is 4.79 Å². The van der Waals surface area contributed by atoms with Gasteiger partial charge in [0, 0.05) is 37.9 Å².